The quantitative estimate of drug-likeness (QED) is 0.711. The first-order valence-corrected chi connectivity index (χ1v) is 4.20. The van der Waals surface area contributed by atoms with Gasteiger partial charge in [-0.3, -0.25) is 0 Å². The Balaban J connectivity index is 2.70. The van der Waals surface area contributed by atoms with Gasteiger partial charge in [-0.05, 0) is 24.3 Å². The summed E-state index contributed by atoms with van der Waals surface area (Å²) < 4.78 is 5.09. The van der Waals surface area contributed by atoms with Crippen LogP contribution in [0.25, 0.3) is 10.9 Å². The number of hydrogen-bond acceptors (Lipinski definition) is 4. The molecule has 0 unspecified atom stereocenters. The SMILES string of the molecule is COc1ccc2nc(N)c(N)cc2c1. The molecular formula is C10H11N3O. The molecule has 0 fully saturated rings. The fourth-order valence-electron chi connectivity index (χ4n) is 1.31. The first-order chi connectivity index (χ1) is 6.70. The molecule has 0 aliphatic carbocycles. The summed E-state index contributed by atoms with van der Waals surface area (Å²) in [5.74, 6) is 1.14. The van der Waals surface area contributed by atoms with Crippen molar-refractivity contribution in [3.63, 3.8) is 0 Å². The first kappa shape index (κ1) is 8.62. The summed E-state index contributed by atoms with van der Waals surface area (Å²) in [4.78, 5) is 4.15. The van der Waals surface area contributed by atoms with Crippen LogP contribution in [0.5, 0.6) is 5.75 Å². The first-order valence-electron chi connectivity index (χ1n) is 4.20. The van der Waals surface area contributed by atoms with E-state index in [0.29, 0.717) is 11.5 Å². The molecule has 14 heavy (non-hydrogen) atoms. The molecule has 4 nitrogen and oxygen atoms in total. The molecule has 0 amide bonds. The van der Waals surface area contributed by atoms with Crippen molar-refractivity contribution in [1.29, 1.82) is 0 Å². The Morgan fingerprint density at radius 1 is 1.21 bits per heavy atom. The highest BCUT2D eigenvalue weighted by Crippen LogP contribution is 2.23. The van der Waals surface area contributed by atoms with Crippen molar-refractivity contribution < 1.29 is 4.74 Å². The predicted octanol–water partition coefficient (Wildman–Crippen LogP) is 1.41. The molecule has 4 N–H and O–H groups in total. The molecule has 1 aromatic carbocycles. The van der Waals surface area contributed by atoms with E-state index < -0.39 is 0 Å². The third kappa shape index (κ3) is 1.31. The highest BCUT2D eigenvalue weighted by atomic mass is 16.5. The Kier molecular flexibility index (Phi) is 1.89. The van der Waals surface area contributed by atoms with Gasteiger partial charge in [-0.2, -0.15) is 0 Å². The maximum absolute atomic E-state index is 5.65. The van der Waals surface area contributed by atoms with E-state index in [1.54, 1.807) is 13.2 Å². The lowest BCUT2D eigenvalue weighted by molar-refractivity contribution is 0.415. The number of nitrogens with zero attached hydrogens (tertiary/aromatic N) is 1. The number of ether oxygens (including phenoxy) is 1. The van der Waals surface area contributed by atoms with Crippen molar-refractivity contribution in [3.8, 4) is 5.75 Å². The number of nitrogen functional groups attached to an aromatic ring is 2. The summed E-state index contributed by atoms with van der Waals surface area (Å²) in [6.07, 6.45) is 0. The van der Waals surface area contributed by atoms with Gasteiger partial charge in [0.1, 0.15) is 11.6 Å². The molecule has 1 aromatic heterocycles. The monoisotopic (exact) mass is 189 g/mol. The average molecular weight is 189 g/mol. The van der Waals surface area contributed by atoms with E-state index in [-0.39, 0.29) is 0 Å². The Hall–Kier alpha value is -1.97. The lowest BCUT2D eigenvalue weighted by Gasteiger charge is -2.04. The number of fused-ring (bicyclic) bond motifs is 1. The summed E-state index contributed by atoms with van der Waals surface area (Å²) in [5, 5.41) is 0.927. The molecule has 2 rings (SSSR count). The van der Waals surface area contributed by atoms with E-state index in [1.807, 2.05) is 18.2 Å². The molecule has 0 bridgehead atoms. The van der Waals surface area contributed by atoms with Gasteiger partial charge in [0.15, 0.2) is 0 Å². The van der Waals surface area contributed by atoms with Gasteiger partial charge >= 0.3 is 0 Å². The van der Waals surface area contributed by atoms with E-state index in [0.717, 1.165) is 16.7 Å². The molecule has 72 valence electrons. The number of pyridine rings is 1. The predicted molar refractivity (Wildman–Crippen MR) is 57.1 cm³/mol. The third-order valence-electron chi connectivity index (χ3n) is 2.08. The van der Waals surface area contributed by atoms with Crippen molar-refractivity contribution in [2.24, 2.45) is 0 Å². The molecule has 0 spiro atoms. The summed E-state index contributed by atoms with van der Waals surface area (Å²) in [6.45, 7) is 0. The normalized spacial score (nSPS) is 10.4. The number of nitrogens with two attached hydrogens (primary N) is 2. The van der Waals surface area contributed by atoms with Gasteiger partial charge in [0, 0.05) is 5.39 Å². The molecule has 1 heterocycles. The summed E-state index contributed by atoms with van der Waals surface area (Å²) in [7, 11) is 1.62. The van der Waals surface area contributed by atoms with Gasteiger partial charge in [0.2, 0.25) is 0 Å². The van der Waals surface area contributed by atoms with Gasteiger partial charge in [0.25, 0.3) is 0 Å². The topological polar surface area (TPSA) is 74.2 Å². The van der Waals surface area contributed by atoms with Crippen LogP contribution in [0, 0.1) is 0 Å². The van der Waals surface area contributed by atoms with Crippen molar-refractivity contribution in [3.05, 3.63) is 24.3 Å². The number of aromatic nitrogens is 1. The Morgan fingerprint density at radius 3 is 2.71 bits per heavy atom. The van der Waals surface area contributed by atoms with E-state index in [9.17, 15) is 0 Å². The number of methoxy groups -OCH3 is 1. The van der Waals surface area contributed by atoms with Crippen LogP contribution in [-0.4, -0.2) is 12.1 Å². The lowest BCUT2D eigenvalue weighted by Crippen LogP contribution is -1.97. The Bertz CT molecular complexity index is 482. The highest BCUT2D eigenvalue weighted by Gasteiger charge is 2.01. The van der Waals surface area contributed by atoms with E-state index in [1.165, 1.54) is 0 Å². The average Bonchev–Trinajstić information content (AvgIpc) is 2.19. The zero-order valence-electron chi connectivity index (χ0n) is 7.82. The number of anilines is 2. The van der Waals surface area contributed by atoms with Crippen LogP contribution < -0.4 is 16.2 Å². The van der Waals surface area contributed by atoms with Crippen LogP contribution in [0.4, 0.5) is 11.5 Å². The fraction of sp³-hybridized carbons (Fsp3) is 0.100. The summed E-state index contributed by atoms with van der Waals surface area (Å²) >= 11 is 0. The van der Waals surface area contributed by atoms with Gasteiger partial charge < -0.3 is 16.2 Å². The largest absolute Gasteiger partial charge is 0.497 e. The van der Waals surface area contributed by atoms with Gasteiger partial charge in [0.05, 0.1) is 18.3 Å². The van der Waals surface area contributed by atoms with Crippen LogP contribution in [0.2, 0.25) is 0 Å². The van der Waals surface area contributed by atoms with Crippen LogP contribution in [-0.2, 0) is 0 Å². The Labute approximate surface area is 81.5 Å². The molecule has 0 aliphatic rings. The summed E-state index contributed by atoms with van der Waals surface area (Å²) in [5.41, 5.74) is 12.5. The molecule has 2 aromatic rings. The zero-order valence-corrected chi connectivity index (χ0v) is 7.82. The Morgan fingerprint density at radius 2 is 2.00 bits per heavy atom. The number of benzene rings is 1. The minimum atomic E-state index is 0.364. The molecular weight excluding hydrogens is 178 g/mol. The van der Waals surface area contributed by atoms with Crippen LogP contribution in [0.15, 0.2) is 24.3 Å². The standard InChI is InChI=1S/C10H11N3O/c1-14-7-2-3-9-6(4-7)5-8(11)10(12)13-9/h2-5H,11H2,1H3,(H2,12,13). The van der Waals surface area contributed by atoms with E-state index in [2.05, 4.69) is 4.98 Å². The number of rotatable bonds is 1. The van der Waals surface area contributed by atoms with E-state index in [4.69, 9.17) is 16.2 Å². The van der Waals surface area contributed by atoms with Gasteiger partial charge in [-0.15, -0.1) is 0 Å². The molecule has 0 radical (unpaired) electrons. The molecule has 0 saturated carbocycles. The molecule has 0 atom stereocenters. The maximum atomic E-state index is 5.65. The van der Waals surface area contributed by atoms with Crippen LogP contribution in [0.1, 0.15) is 0 Å². The molecule has 0 aliphatic heterocycles. The van der Waals surface area contributed by atoms with Crippen LogP contribution >= 0.6 is 0 Å². The smallest absolute Gasteiger partial charge is 0.147 e. The van der Waals surface area contributed by atoms with Crippen molar-refractivity contribution in [2.75, 3.05) is 18.6 Å². The molecule has 0 saturated heterocycles. The second-order valence-electron chi connectivity index (χ2n) is 3.02. The number of hydrogen-bond donors (Lipinski definition) is 2. The second-order valence-corrected chi connectivity index (χ2v) is 3.02. The van der Waals surface area contributed by atoms with E-state index >= 15 is 0 Å². The highest BCUT2D eigenvalue weighted by molar-refractivity contribution is 5.86. The molecule has 4 heteroatoms. The van der Waals surface area contributed by atoms with Crippen molar-refractivity contribution in [1.82, 2.24) is 4.98 Å². The summed E-state index contributed by atoms with van der Waals surface area (Å²) in [6, 6.07) is 7.35. The van der Waals surface area contributed by atoms with Crippen molar-refractivity contribution >= 4 is 22.4 Å². The van der Waals surface area contributed by atoms with Gasteiger partial charge in [-0.25, -0.2) is 4.98 Å². The van der Waals surface area contributed by atoms with Gasteiger partial charge in [-0.1, -0.05) is 0 Å². The van der Waals surface area contributed by atoms with Crippen molar-refractivity contribution in [2.45, 2.75) is 0 Å². The maximum Gasteiger partial charge on any atom is 0.147 e. The lowest BCUT2D eigenvalue weighted by atomic mass is 10.2. The minimum absolute atomic E-state index is 0.364. The minimum Gasteiger partial charge on any atom is -0.497 e. The van der Waals surface area contributed by atoms with Crippen LogP contribution in [0.3, 0.4) is 0 Å². The second kappa shape index (κ2) is 3.06. The fourth-order valence-corrected chi connectivity index (χ4v) is 1.31. The zero-order chi connectivity index (χ0) is 10.1. The third-order valence-corrected chi connectivity index (χ3v) is 2.08.